The van der Waals surface area contributed by atoms with Gasteiger partial charge in [0.15, 0.2) is 0 Å². The zero-order chi connectivity index (χ0) is 16.8. The molecule has 9 heteroatoms. The van der Waals surface area contributed by atoms with Crippen LogP contribution in [0.5, 0.6) is 0 Å². The van der Waals surface area contributed by atoms with E-state index in [4.69, 9.17) is 23.6 Å². The van der Waals surface area contributed by atoms with Crippen molar-refractivity contribution in [3.8, 4) is 0 Å². The van der Waals surface area contributed by atoms with Crippen molar-refractivity contribution < 1.29 is 21.4 Å². The van der Waals surface area contributed by atoms with Gasteiger partial charge in [-0.3, -0.25) is 0 Å². The Balaban J connectivity index is 2.72. The molecule has 0 aromatic heterocycles. The number of halogens is 1. The third kappa shape index (κ3) is 6.11. The van der Waals surface area contributed by atoms with E-state index in [1.807, 2.05) is 0 Å². The number of hydrogen-bond donors (Lipinski definition) is 0. The molecule has 0 fully saturated rings. The van der Waals surface area contributed by atoms with Crippen molar-refractivity contribution in [3.05, 3.63) is 29.8 Å². The van der Waals surface area contributed by atoms with Gasteiger partial charge in [-0.05, 0) is 29.7 Å². The summed E-state index contributed by atoms with van der Waals surface area (Å²) in [7, 11) is 2.47. The summed E-state index contributed by atoms with van der Waals surface area (Å²) in [5, 5.41) is 0. The molecule has 0 saturated carbocycles. The molecule has 2 radical (unpaired) electrons. The molecular weight excluding hydrogens is 360 g/mol. The lowest BCUT2D eigenvalue weighted by Gasteiger charge is -2.27. The van der Waals surface area contributed by atoms with Crippen LogP contribution in [0.3, 0.4) is 0 Å². The number of benzene rings is 1. The first kappa shape index (κ1) is 19.8. The van der Waals surface area contributed by atoms with Crippen molar-refractivity contribution in [3.63, 3.8) is 0 Å². The Morgan fingerprint density at radius 3 is 2.14 bits per heavy atom. The third-order valence-corrected chi connectivity index (χ3v) is 8.66. The van der Waals surface area contributed by atoms with Crippen LogP contribution in [0.4, 0.5) is 0 Å². The van der Waals surface area contributed by atoms with Crippen LogP contribution in [0.25, 0.3) is 0 Å². The van der Waals surface area contributed by atoms with Crippen LogP contribution in [0.15, 0.2) is 29.2 Å². The van der Waals surface area contributed by atoms with E-state index in [0.717, 1.165) is 5.56 Å². The molecule has 0 heterocycles. The Hall–Kier alpha value is -0.226. The summed E-state index contributed by atoms with van der Waals surface area (Å²) < 4.78 is 39.4. The maximum absolute atomic E-state index is 11.2. The van der Waals surface area contributed by atoms with E-state index < -0.39 is 17.9 Å². The standard InChI is InChI=1S/C13H21ClO5SSi2/c1-11(2)21-19-22(17-3,18-4)10-9-12-5-7-13(8-6-12)20(14,15)16/h5-8,11H,9-10H2,1-4H3. The molecule has 0 atom stereocenters. The fraction of sp³-hybridized carbons (Fsp3) is 0.538. The molecule has 22 heavy (non-hydrogen) atoms. The predicted octanol–water partition coefficient (Wildman–Crippen LogP) is 2.85. The van der Waals surface area contributed by atoms with Crippen LogP contribution in [0.1, 0.15) is 19.4 Å². The Morgan fingerprint density at radius 2 is 1.73 bits per heavy atom. The topological polar surface area (TPSA) is 61.8 Å². The first-order chi connectivity index (χ1) is 10.2. The van der Waals surface area contributed by atoms with E-state index in [2.05, 4.69) is 13.8 Å². The Bertz CT molecular complexity index is 558. The van der Waals surface area contributed by atoms with Crippen LogP contribution >= 0.6 is 10.7 Å². The monoisotopic (exact) mass is 380 g/mol. The summed E-state index contributed by atoms with van der Waals surface area (Å²) in [4.78, 5) is 0.0949. The number of rotatable bonds is 9. The molecule has 0 aliphatic heterocycles. The molecule has 0 aliphatic rings. The van der Waals surface area contributed by atoms with E-state index in [-0.39, 0.29) is 4.90 Å². The van der Waals surface area contributed by atoms with Gasteiger partial charge in [0, 0.05) is 30.9 Å². The average Bonchev–Trinajstić information content (AvgIpc) is 2.47. The average molecular weight is 381 g/mol. The van der Waals surface area contributed by atoms with Gasteiger partial charge in [-0.15, -0.1) is 0 Å². The molecule has 0 N–H and O–H groups in total. The molecule has 0 saturated heterocycles. The lowest BCUT2D eigenvalue weighted by atomic mass is 10.2. The van der Waals surface area contributed by atoms with Gasteiger partial charge >= 0.3 is 8.80 Å². The van der Waals surface area contributed by atoms with E-state index in [0.29, 0.717) is 27.8 Å². The maximum Gasteiger partial charge on any atom is 0.490 e. The molecule has 5 nitrogen and oxygen atoms in total. The number of aryl methyl sites for hydroxylation is 1. The zero-order valence-electron chi connectivity index (χ0n) is 13.1. The van der Waals surface area contributed by atoms with E-state index in [1.165, 1.54) is 12.1 Å². The molecule has 0 amide bonds. The van der Waals surface area contributed by atoms with Gasteiger partial charge in [-0.2, -0.15) is 0 Å². The Morgan fingerprint density at radius 1 is 1.18 bits per heavy atom. The normalized spacial score (nSPS) is 12.8. The van der Waals surface area contributed by atoms with E-state index >= 15 is 0 Å². The minimum absolute atomic E-state index is 0.0949. The van der Waals surface area contributed by atoms with E-state index in [9.17, 15) is 8.42 Å². The van der Waals surface area contributed by atoms with Gasteiger partial charge in [0.25, 0.3) is 9.05 Å². The highest BCUT2D eigenvalue weighted by atomic mass is 35.7. The molecule has 124 valence electrons. The van der Waals surface area contributed by atoms with Gasteiger partial charge < -0.3 is 13.0 Å². The largest absolute Gasteiger partial charge is 0.490 e. The lowest BCUT2D eigenvalue weighted by molar-refractivity contribution is 0.162. The molecule has 0 spiro atoms. The number of hydrogen-bond acceptors (Lipinski definition) is 5. The predicted molar refractivity (Wildman–Crippen MR) is 89.7 cm³/mol. The minimum Gasteiger partial charge on any atom is -0.415 e. The van der Waals surface area contributed by atoms with Gasteiger partial charge in [0.1, 0.15) is 0 Å². The van der Waals surface area contributed by atoms with Crippen molar-refractivity contribution in [2.75, 3.05) is 14.2 Å². The third-order valence-electron chi connectivity index (χ3n) is 3.00. The summed E-state index contributed by atoms with van der Waals surface area (Å²) in [6, 6.07) is 7.11. The van der Waals surface area contributed by atoms with Gasteiger partial charge in [-0.25, -0.2) is 8.42 Å². The van der Waals surface area contributed by atoms with Gasteiger partial charge in [0.2, 0.25) is 9.76 Å². The molecular formula is C13H21ClO5SSi2. The minimum atomic E-state index is -3.68. The molecule has 1 aromatic rings. The molecule has 0 aliphatic carbocycles. The molecule has 0 bridgehead atoms. The highest BCUT2D eigenvalue weighted by Gasteiger charge is 2.38. The fourth-order valence-electron chi connectivity index (χ4n) is 1.75. The second-order valence-electron chi connectivity index (χ2n) is 5.05. The summed E-state index contributed by atoms with van der Waals surface area (Å²) >= 11 is 0. The zero-order valence-corrected chi connectivity index (χ0v) is 16.7. The smallest absolute Gasteiger partial charge is 0.415 e. The quantitative estimate of drug-likeness (QED) is 0.487. The molecule has 0 unspecified atom stereocenters. The highest BCUT2D eigenvalue weighted by molar-refractivity contribution is 8.13. The van der Waals surface area contributed by atoms with Crippen molar-refractivity contribution in [1.29, 1.82) is 0 Å². The summed E-state index contributed by atoms with van der Waals surface area (Å²) in [6.07, 6.45) is 0.680. The Labute approximate surface area is 140 Å². The lowest BCUT2D eigenvalue weighted by Crippen LogP contribution is -2.45. The second-order valence-corrected chi connectivity index (χ2v) is 12.5. The van der Waals surface area contributed by atoms with Crippen molar-refractivity contribution >= 4 is 38.3 Å². The van der Waals surface area contributed by atoms with Gasteiger partial charge in [0.05, 0.1) is 4.90 Å². The van der Waals surface area contributed by atoms with Crippen LogP contribution < -0.4 is 0 Å². The van der Waals surface area contributed by atoms with Crippen LogP contribution in [0.2, 0.25) is 11.6 Å². The van der Waals surface area contributed by atoms with Crippen LogP contribution in [0, 0.1) is 0 Å². The summed E-state index contributed by atoms with van der Waals surface area (Å²) in [6.45, 7) is 4.16. The first-order valence-electron chi connectivity index (χ1n) is 6.80. The summed E-state index contributed by atoms with van der Waals surface area (Å²) in [5.74, 6) is 0. The highest BCUT2D eigenvalue weighted by Crippen LogP contribution is 2.20. The fourth-order valence-corrected chi connectivity index (χ4v) is 6.42. The summed E-state index contributed by atoms with van der Waals surface area (Å²) in [5.41, 5.74) is 1.40. The second kappa shape index (κ2) is 8.58. The molecule has 1 aromatic carbocycles. The first-order valence-corrected chi connectivity index (χ1v) is 12.0. The van der Waals surface area contributed by atoms with Gasteiger partial charge in [-0.1, -0.05) is 26.0 Å². The van der Waals surface area contributed by atoms with Crippen LogP contribution in [-0.4, -0.2) is 41.2 Å². The van der Waals surface area contributed by atoms with Crippen molar-refractivity contribution in [2.24, 2.45) is 0 Å². The van der Waals surface area contributed by atoms with Crippen molar-refractivity contribution in [1.82, 2.24) is 0 Å². The van der Waals surface area contributed by atoms with Crippen molar-refractivity contribution in [2.45, 2.75) is 36.7 Å². The van der Waals surface area contributed by atoms with E-state index in [1.54, 1.807) is 26.4 Å². The van der Waals surface area contributed by atoms with Crippen LogP contribution in [-0.2, 0) is 28.4 Å². The molecule has 1 rings (SSSR count). The Kier molecular flexibility index (Phi) is 7.73. The SMILES string of the molecule is CO[Si](CCc1ccc(S(=O)(=O)Cl)cc1)(OC)O[Si]C(C)C. The maximum atomic E-state index is 11.2.